The van der Waals surface area contributed by atoms with E-state index in [0.29, 0.717) is 31.0 Å². The lowest BCUT2D eigenvalue weighted by atomic mass is 10.1. The molecule has 3 heterocycles. The number of halogens is 1. The smallest absolute Gasteiger partial charge is 0.252 e. The first-order chi connectivity index (χ1) is 11.1. The van der Waals surface area contributed by atoms with Gasteiger partial charge in [-0.1, -0.05) is 0 Å². The minimum absolute atomic E-state index is 0.0499. The molecule has 2 aliphatic heterocycles. The molecule has 0 spiro atoms. The van der Waals surface area contributed by atoms with Crippen LogP contribution in [-0.4, -0.2) is 60.0 Å². The van der Waals surface area contributed by atoms with Gasteiger partial charge in [0.05, 0.1) is 31.0 Å². The van der Waals surface area contributed by atoms with Crippen LogP contribution in [0.1, 0.15) is 19.3 Å². The third-order valence-corrected chi connectivity index (χ3v) is 4.26. The summed E-state index contributed by atoms with van der Waals surface area (Å²) < 4.78 is 19.1. The Kier molecular flexibility index (Phi) is 4.73. The predicted molar refractivity (Wildman–Crippen MR) is 83.6 cm³/mol. The van der Waals surface area contributed by atoms with E-state index >= 15 is 0 Å². The molecule has 1 amide bonds. The number of carbonyl (C=O) groups excluding carboxylic acids is 1. The zero-order chi connectivity index (χ0) is 16.2. The van der Waals surface area contributed by atoms with Crippen LogP contribution in [0.5, 0.6) is 0 Å². The van der Waals surface area contributed by atoms with Gasteiger partial charge in [0.2, 0.25) is 0 Å². The van der Waals surface area contributed by atoms with Crippen molar-refractivity contribution >= 4 is 11.7 Å². The number of anilines is 1. The standard InChI is InChI=1S/C16H21FN4O2/c1-20(16(22)12-4-3-7-23-11-12)10-14-8-13(17)9-21(14)15-5-2-6-18-19-15/h2,5-6,11,13-14H,3-4,7-10H2,1H3/t13-,14-/m0/s1. The third-order valence-electron chi connectivity index (χ3n) is 4.26. The lowest BCUT2D eigenvalue weighted by Gasteiger charge is -2.29. The van der Waals surface area contributed by atoms with E-state index in [1.165, 1.54) is 0 Å². The summed E-state index contributed by atoms with van der Waals surface area (Å²) in [5.41, 5.74) is 0.680. The Morgan fingerprint density at radius 1 is 1.57 bits per heavy atom. The number of likely N-dealkylation sites (N-methyl/N-ethyl adjacent to an activating group) is 1. The van der Waals surface area contributed by atoms with E-state index in [-0.39, 0.29) is 18.5 Å². The van der Waals surface area contributed by atoms with E-state index in [1.54, 1.807) is 30.5 Å². The molecule has 1 fully saturated rings. The lowest BCUT2D eigenvalue weighted by molar-refractivity contribution is -0.126. The average molecular weight is 320 g/mol. The second-order valence-corrected chi connectivity index (χ2v) is 6.02. The summed E-state index contributed by atoms with van der Waals surface area (Å²) in [5, 5.41) is 7.92. The molecule has 2 atom stereocenters. The normalized spacial score (nSPS) is 24.1. The Hall–Kier alpha value is -2.18. The van der Waals surface area contributed by atoms with Crippen molar-refractivity contribution in [2.45, 2.75) is 31.5 Å². The molecule has 124 valence electrons. The van der Waals surface area contributed by atoms with Gasteiger partial charge in [-0.05, 0) is 25.0 Å². The second kappa shape index (κ2) is 6.93. The Morgan fingerprint density at radius 2 is 2.43 bits per heavy atom. The maximum absolute atomic E-state index is 13.9. The molecule has 1 aromatic rings. The van der Waals surface area contributed by atoms with Gasteiger partial charge < -0.3 is 14.5 Å². The van der Waals surface area contributed by atoms with Crippen molar-refractivity contribution in [2.24, 2.45) is 0 Å². The minimum atomic E-state index is -0.914. The molecule has 2 aliphatic rings. The highest BCUT2D eigenvalue weighted by molar-refractivity contribution is 5.93. The number of nitrogens with zero attached hydrogens (tertiary/aromatic N) is 4. The van der Waals surface area contributed by atoms with Crippen molar-refractivity contribution in [1.29, 1.82) is 0 Å². The Morgan fingerprint density at radius 3 is 3.13 bits per heavy atom. The van der Waals surface area contributed by atoms with E-state index in [2.05, 4.69) is 10.2 Å². The van der Waals surface area contributed by atoms with E-state index in [0.717, 1.165) is 12.8 Å². The molecular formula is C16H21FN4O2. The van der Waals surface area contributed by atoms with Crippen LogP contribution in [0, 0.1) is 0 Å². The summed E-state index contributed by atoms with van der Waals surface area (Å²) >= 11 is 0. The zero-order valence-corrected chi connectivity index (χ0v) is 13.2. The van der Waals surface area contributed by atoms with Gasteiger partial charge in [-0.3, -0.25) is 4.79 Å². The van der Waals surface area contributed by atoms with Crippen molar-refractivity contribution in [3.8, 4) is 0 Å². The molecule has 7 heteroatoms. The number of hydrogen-bond acceptors (Lipinski definition) is 5. The SMILES string of the molecule is CN(C[C@@H]1C[C@H](F)CN1c1cccnn1)C(=O)C1=COCCC1. The van der Waals surface area contributed by atoms with Gasteiger partial charge in [-0.2, -0.15) is 5.10 Å². The number of carbonyl (C=O) groups is 1. The quantitative estimate of drug-likeness (QED) is 0.842. The number of aromatic nitrogens is 2. The topological polar surface area (TPSA) is 58.6 Å². The molecule has 0 aliphatic carbocycles. The maximum Gasteiger partial charge on any atom is 0.252 e. The summed E-state index contributed by atoms with van der Waals surface area (Å²) in [6.45, 7) is 1.40. The van der Waals surface area contributed by atoms with Crippen molar-refractivity contribution in [3.63, 3.8) is 0 Å². The molecule has 1 saturated heterocycles. The number of alkyl halides is 1. The summed E-state index contributed by atoms with van der Waals surface area (Å²) in [4.78, 5) is 16.0. The highest BCUT2D eigenvalue weighted by Gasteiger charge is 2.34. The molecular weight excluding hydrogens is 299 g/mol. The van der Waals surface area contributed by atoms with Crippen LogP contribution >= 0.6 is 0 Å². The number of hydrogen-bond donors (Lipinski definition) is 0. The van der Waals surface area contributed by atoms with Gasteiger partial charge in [0.15, 0.2) is 5.82 Å². The van der Waals surface area contributed by atoms with Gasteiger partial charge in [-0.15, -0.1) is 5.10 Å². The largest absolute Gasteiger partial charge is 0.501 e. The van der Waals surface area contributed by atoms with Gasteiger partial charge >= 0.3 is 0 Å². The molecule has 6 nitrogen and oxygen atoms in total. The van der Waals surface area contributed by atoms with Crippen molar-refractivity contribution < 1.29 is 13.9 Å². The first kappa shape index (κ1) is 15.7. The van der Waals surface area contributed by atoms with Crippen LogP contribution in [0.25, 0.3) is 0 Å². The molecule has 0 N–H and O–H groups in total. The van der Waals surface area contributed by atoms with E-state index in [9.17, 15) is 9.18 Å². The Bertz CT molecular complexity index is 581. The summed E-state index contributed by atoms with van der Waals surface area (Å²) in [6, 6.07) is 3.50. The van der Waals surface area contributed by atoms with Gasteiger partial charge in [0.1, 0.15) is 6.17 Å². The molecule has 0 bridgehead atoms. The summed E-state index contributed by atoms with van der Waals surface area (Å²) in [6.07, 6.45) is 4.20. The first-order valence-electron chi connectivity index (χ1n) is 7.89. The molecule has 0 radical (unpaired) electrons. The van der Waals surface area contributed by atoms with Gasteiger partial charge in [0.25, 0.3) is 5.91 Å². The minimum Gasteiger partial charge on any atom is -0.501 e. The van der Waals surface area contributed by atoms with Crippen molar-refractivity contribution in [1.82, 2.24) is 15.1 Å². The molecule has 3 rings (SSSR count). The summed E-state index contributed by atoms with van der Waals surface area (Å²) in [5.74, 6) is 0.602. The predicted octanol–water partition coefficient (Wildman–Crippen LogP) is 1.55. The molecule has 0 aromatic carbocycles. The third kappa shape index (κ3) is 3.60. The highest BCUT2D eigenvalue weighted by Crippen LogP contribution is 2.26. The fraction of sp³-hybridized carbons (Fsp3) is 0.562. The number of amides is 1. The second-order valence-electron chi connectivity index (χ2n) is 6.02. The Balaban J connectivity index is 1.67. The number of ether oxygens (including phenoxy) is 1. The zero-order valence-electron chi connectivity index (χ0n) is 13.2. The molecule has 23 heavy (non-hydrogen) atoms. The van der Waals surface area contributed by atoms with Crippen LogP contribution in [0.4, 0.5) is 10.2 Å². The van der Waals surface area contributed by atoms with Crippen molar-refractivity contribution in [3.05, 3.63) is 30.2 Å². The highest BCUT2D eigenvalue weighted by atomic mass is 19.1. The average Bonchev–Trinajstić information content (AvgIpc) is 2.96. The van der Waals surface area contributed by atoms with Crippen LogP contribution in [0.3, 0.4) is 0 Å². The molecule has 0 unspecified atom stereocenters. The summed E-state index contributed by atoms with van der Waals surface area (Å²) in [7, 11) is 1.75. The van der Waals surface area contributed by atoms with Crippen LogP contribution in [0.2, 0.25) is 0 Å². The number of rotatable bonds is 4. The van der Waals surface area contributed by atoms with Crippen LogP contribution in [0.15, 0.2) is 30.2 Å². The van der Waals surface area contributed by atoms with Crippen LogP contribution < -0.4 is 4.90 Å². The Labute approximate surface area is 134 Å². The van der Waals surface area contributed by atoms with Gasteiger partial charge in [0, 0.05) is 26.2 Å². The monoisotopic (exact) mass is 320 g/mol. The van der Waals surface area contributed by atoms with E-state index in [4.69, 9.17) is 4.74 Å². The van der Waals surface area contributed by atoms with Crippen molar-refractivity contribution in [2.75, 3.05) is 31.6 Å². The lowest BCUT2D eigenvalue weighted by Crippen LogP contribution is -2.42. The first-order valence-corrected chi connectivity index (χ1v) is 7.89. The molecule has 1 aromatic heterocycles. The fourth-order valence-corrected chi connectivity index (χ4v) is 3.13. The molecule has 0 saturated carbocycles. The van der Waals surface area contributed by atoms with E-state index in [1.807, 2.05) is 11.0 Å². The van der Waals surface area contributed by atoms with E-state index < -0.39 is 6.17 Å². The maximum atomic E-state index is 13.9. The van der Waals surface area contributed by atoms with Crippen LogP contribution in [-0.2, 0) is 9.53 Å². The van der Waals surface area contributed by atoms with Gasteiger partial charge in [-0.25, -0.2) is 4.39 Å². The fourth-order valence-electron chi connectivity index (χ4n) is 3.13.